The van der Waals surface area contributed by atoms with E-state index in [1.807, 2.05) is 5.38 Å². The van der Waals surface area contributed by atoms with E-state index in [0.717, 1.165) is 24.8 Å². The van der Waals surface area contributed by atoms with Gasteiger partial charge in [0.25, 0.3) is 11.8 Å². The van der Waals surface area contributed by atoms with Crippen LogP contribution in [0, 0.1) is 0 Å². The van der Waals surface area contributed by atoms with Crippen molar-refractivity contribution < 1.29 is 14.3 Å². The van der Waals surface area contributed by atoms with Gasteiger partial charge in [-0.1, -0.05) is 0 Å². The Balaban J connectivity index is 1.56. The molecule has 0 atom stereocenters. The van der Waals surface area contributed by atoms with Gasteiger partial charge in [-0.05, 0) is 49.4 Å². The van der Waals surface area contributed by atoms with Crippen LogP contribution in [0.15, 0.2) is 23.6 Å². The van der Waals surface area contributed by atoms with E-state index in [2.05, 4.69) is 10.6 Å². The second-order valence-corrected chi connectivity index (χ2v) is 6.72. The highest BCUT2D eigenvalue weighted by Crippen LogP contribution is 2.32. The summed E-state index contributed by atoms with van der Waals surface area (Å²) in [6.07, 6.45) is 4.41. The van der Waals surface area contributed by atoms with Gasteiger partial charge in [-0.2, -0.15) is 0 Å². The quantitative estimate of drug-likeness (QED) is 0.889. The molecule has 1 aromatic carbocycles. The first-order chi connectivity index (χ1) is 11.2. The lowest BCUT2D eigenvalue weighted by molar-refractivity contribution is -0.118. The predicted molar refractivity (Wildman–Crippen MR) is 89.5 cm³/mol. The van der Waals surface area contributed by atoms with Gasteiger partial charge in [0.15, 0.2) is 6.61 Å². The van der Waals surface area contributed by atoms with Crippen molar-refractivity contribution in [2.75, 3.05) is 17.2 Å². The molecule has 5 nitrogen and oxygen atoms in total. The number of thiophene rings is 1. The summed E-state index contributed by atoms with van der Waals surface area (Å²) >= 11 is 1.68. The fourth-order valence-corrected chi connectivity index (χ4v) is 4.17. The zero-order valence-electron chi connectivity index (χ0n) is 12.5. The van der Waals surface area contributed by atoms with Gasteiger partial charge in [0, 0.05) is 15.9 Å². The van der Waals surface area contributed by atoms with E-state index in [1.165, 1.54) is 16.9 Å². The number of amides is 2. The summed E-state index contributed by atoms with van der Waals surface area (Å²) < 4.78 is 5.32. The van der Waals surface area contributed by atoms with Crippen LogP contribution < -0.4 is 15.4 Å². The molecule has 2 amide bonds. The maximum atomic E-state index is 12.6. The normalized spacial score (nSPS) is 15.9. The second-order valence-electron chi connectivity index (χ2n) is 5.76. The Kier molecular flexibility index (Phi) is 3.53. The molecule has 2 aliphatic rings. The number of hydrogen-bond donors (Lipinski definition) is 2. The van der Waals surface area contributed by atoms with Crippen LogP contribution in [0.1, 0.15) is 33.6 Å². The smallest absolute Gasteiger partial charge is 0.262 e. The van der Waals surface area contributed by atoms with Crippen LogP contribution in [0.2, 0.25) is 0 Å². The Morgan fingerprint density at radius 1 is 1.26 bits per heavy atom. The van der Waals surface area contributed by atoms with Crippen LogP contribution in [-0.2, 0) is 17.6 Å². The summed E-state index contributed by atoms with van der Waals surface area (Å²) in [6, 6.07) is 5.27. The lowest BCUT2D eigenvalue weighted by atomic mass is 9.95. The number of carbonyl (C=O) groups is 2. The third kappa shape index (κ3) is 2.70. The fraction of sp³-hybridized carbons (Fsp3) is 0.294. The molecule has 2 aromatic rings. The topological polar surface area (TPSA) is 67.4 Å². The fourth-order valence-electron chi connectivity index (χ4n) is 3.04. The molecule has 0 radical (unpaired) electrons. The number of benzene rings is 1. The number of nitrogens with one attached hydrogen (secondary N) is 2. The largest absolute Gasteiger partial charge is 0.482 e. The van der Waals surface area contributed by atoms with E-state index in [4.69, 9.17) is 4.74 Å². The summed E-state index contributed by atoms with van der Waals surface area (Å²) in [5, 5.41) is 7.62. The number of rotatable bonds is 2. The van der Waals surface area contributed by atoms with Crippen molar-refractivity contribution in [1.82, 2.24) is 0 Å². The van der Waals surface area contributed by atoms with E-state index in [-0.39, 0.29) is 18.4 Å². The molecule has 23 heavy (non-hydrogen) atoms. The minimum Gasteiger partial charge on any atom is -0.482 e. The van der Waals surface area contributed by atoms with E-state index in [9.17, 15) is 9.59 Å². The first-order valence-electron chi connectivity index (χ1n) is 7.68. The SMILES string of the molecule is O=C1COc2ccc(NC(=O)c3csc4c3CCCC4)cc2N1. The van der Waals surface area contributed by atoms with Crippen LogP contribution >= 0.6 is 11.3 Å². The highest BCUT2D eigenvalue weighted by atomic mass is 32.1. The molecule has 0 unspecified atom stereocenters. The van der Waals surface area contributed by atoms with Crippen molar-refractivity contribution in [2.45, 2.75) is 25.7 Å². The average Bonchev–Trinajstić information content (AvgIpc) is 2.98. The molecule has 1 aromatic heterocycles. The standard InChI is InChI=1S/C17H16N2O3S/c20-16-8-22-14-6-5-10(7-13(14)19-16)18-17(21)12-9-23-15-4-2-1-3-11(12)15/h5-7,9H,1-4,8H2,(H,18,21)(H,19,20). The molecular weight excluding hydrogens is 312 g/mol. The molecule has 0 fully saturated rings. The minimum atomic E-state index is -0.187. The van der Waals surface area contributed by atoms with E-state index in [0.29, 0.717) is 17.1 Å². The molecule has 4 rings (SSSR count). The van der Waals surface area contributed by atoms with Crippen LogP contribution in [0.5, 0.6) is 5.75 Å². The Morgan fingerprint density at radius 3 is 3.04 bits per heavy atom. The van der Waals surface area contributed by atoms with Gasteiger partial charge in [0.1, 0.15) is 5.75 Å². The highest BCUT2D eigenvalue weighted by molar-refractivity contribution is 7.10. The monoisotopic (exact) mass is 328 g/mol. The van der Waals surface area contributed by atoms with Crippen molar-refractivity contribution in [3.05, 3.63) is 39.6 Å². The third-order valence-electron chi connectivity index (χ3n) is 4.18. The van der Waals surface area contributed by atoms with Crippen molar-refractivity contribution in [3.8, 4) is 5.75 Å². The van der Waals surface area contributed by atoms with Crippen molar-refractivity contribution in [2.24, 2.45) is 0 Å². The van der Waals surface area contributed by atoms with Gasteiger partial charge in [-0.3, -0.25) is 9.59 Å². The van der Waals surface area contributed by atoms with Gasteiger partial charge in [-0.15, -0.1) is 11.3 Å². The van der Waals surface area contributed by atoms with Gasteiger partial charge in [0.05, 0.1) is 11.3 Å². The number of hydrogen-bond acceptors (Lipinski definition) is 4. The summed E-state index contributed by atoms with van der Waals surface area (Å²) in [7, 11) is 0. The molecule has 1 aliphatic heterocycles. The highest BCUT2D eigenvalue weighted by Gasteiger charge is 2.21. The molecular formula is C17H16N2O3S. The Hall–Kier alpha value is -2.34. The number of carbonyl (C=O) groups excluding carboxylic acids is 2. The van der Waals surface area contributed by atoms with E-state index >= 15 is 0 Å². The second kappa shape index (κ2) is 5.70. The molecule has 0 saturated carbocycles. The van der Waals surface area contributed by atoms with Crippen molar-refractivity contribution in [3.63, 3.8) is 0 Å². The van der Waals surface area contributed by atoms with Crippen molar-refractivity contribution in [1.29, 1.82) is 0 Å². The molecule has 0 saturated heterocycles. The number of ether oxygens (including phenoxy) is 1. The first-order valence-corrected chi connectivity index (χ1v) is 8.56. The number of anilines is 2. The summed E-state index contributed by atoms with van der Waals surface area (Å²) in [5.74, 6) is 0.343. The first kappa shape index (κ1) is 14.3. The molecule has 0 bridgehead atoms. The third-order valence-corrected chi connectivity index (χ3v) is 5.26. The lowest BCUT2D eigenvalue weighted by Crippen LogP contribution is -2.25. The van der Waals surface area contributed by atoms with Crippen LogP contribution in [-0.4, -0.2) is 18.4 Å². The molecule has 6 heteroatoms. The molecule has 0 spiro atoms. The lowest BCUT2D eigenvalue weighted by Gasteiger charge is -2.18. The minimum absolute atomic E-state index is 0.0275. The van der Waals surface area contributed by atoms with Gasteiger partial charge < -0.3 is 15.4 Å². The van der Waals surface area contributed by atoms with Gasteiger partial charge in [-0.25, -0.2) is 0 Å². The Labute approximate surface area is 137 Å². The zero-order chi connectivity index (χ0) is 15.8. The summed E-state index contributed by atoms with van der Waals surface area (Å²) in [5.41, 5.74) is 3.22. The van der Waals surface area contributed by atoms with Gasteiger partial charge in [0.2, 0.25) is 0 Å². The average molecular weight is 328 g/mol. The maximum Gasteiger partial charge on any atom is 0.262 e. The molecule has 2 N–H and O–H groups in total. The van der Waals surface area contributed by atoms with E-state index < -0.39 is 0 Å². The Bertz CT molecular complexity index is 797. The number of fused-ring (bicyclic) bond motifs is 2. The predicted octanol–water partition coefficient (Wildman–Crippen LogP) is 3.21. The van der Waals surface area contributed by atoms with Crippen LogP contribution in [0.4, 0.5) is 11.4 Å². The number of aryl methyl sites for hydroxylation is 1. The van der Waals surface area contributed by atoms with Crippen LogP contribution in [0.3, 0.4) is 0 Å². The van der Waals surface area contributed by atoms with Crippen molar-refractivity contribution >= 4 is 34.5 Å². The van der Waals surface area contributed by atoms with Crippen LogP contribution in [0.25, 0.3) is 0 Å². The summed E-state index contributed by atoms with van der Waals surface area (Å²) in [4.78, 5) is 25.3. The van der Waals surface area contributed by atoms with E-state index in [1.54, 1.807) is 29.5 Å². The zero-order valence-corrected chi connectivity index (χ0v) is 13.3. The Morgan fingerprint density at radius 2 is 2.13 bits per heavy atom. The molecule has 1 aliphatic carbocycles. The molecule has 2 heterocycles. The molecule has 118 valence electrons. The maximum absolute atomic E-state index is 12.6. The summed E-state index contributed by atoms with van der Waals surface area (Å²) in [6.45, 7) is 0.0275. The van der Waals surface area contributed by atoms with Gasteiger partial charge >= 0.3 is 0 Å².